The summed E-state index contributed by atoms with van der Waals surface area (Å²) < 4.78 is 18.8. The molecule has 0 radical (unpaired) electrons. The van der Waals surface area contributed by atoms with E-state index in [9.17, 15) is 5.26 Å². The number of aromatic nitrogens is 2. The van der Waals surface area contributed by atoms with E-state index in [0.29, 0.717) is 6.61 Å². The number of para-hydroxylation sites is 1. The molecule has 4 aromatic rings. The van der Waals surface area contributed by atoms with Crippen LogP contribution in [0.3, 0.4) is 0 Å². The Hall–Kier alpha value is -3.50. The lowest BCUT2D eigenvalue weighted by atomic mass is 10.1. The average Bonchev–Trinajstić information content (AvgIpc) is 3.34. The SMILES string of the molecule is CCOc1ccccc1-c1nc2scc(-c3cc(OC)ccc3OC)n2c1CC#N. The Morgan fingerprint density at radius 2 is 1.90 bits per heavy atom. The van der Waals surface area contributed by atoms with E-state index in [1.807, 2.05) is 59.2 Å². The number of fused-ring (bicyclic) bond motifs is 1. The summed E-state index contributed by atoms with van der Waals surface area (Å²) in [7, 11) is 3.28. The Balaban J connectivity index is 1.98. The number of imidazole rings is 1. The van der Waals surface area contributed by atoms with Crippen LogP contribution in [0.1, 0.15) is 12.6 Å². The van der Waals surface area contributed by atoms with Crippen molar-refractivity contribution in [2.24, 2.45) is 0 Å². The summed E-state index contributed by atoms with van der Waals surface area (Å²) in [4.78, 5) is 5.67. The van der Waals surface area contributed by atoms with E-state index in [1.165, 1.54) is 11.3 Å². The van der Waals surface area contributed by atoms with E-state index in [-0.39, 0.29) is 6.42 Å². The lowest BCUT2D eigenvalue weighted by Crippen LogP contribution is -1.99. The third kappa shape index (κ3) is 3.36. The van der Waals surface area contributed by atoms with Crippen molar-refractivity contribution >= 4 is 16.3 Å². The zero-order valence-electron chi connectivity index (χ0n) is 17.0. The van der Waals surface area contributed by atoms with Crippen LogP contribution < -0.4 is 14.2 Å². The minimum atomic E-state index is 0.215. The number of nitrogens with zero attached hydrogens (tertiary/aromatic N) is 3. The molecule has 30 heavy (non-hydrogen) atoms. The van der Waals surface area contributed by atoms with Crippen LogP contribution in [0.5, 0.6) is 17.2 Å². The average molecular weight is 420 g/mol. The monoisotopic (exact) mass is 419 g/mol. The van der Waals surface area contributed by atoms with Gasteiger partial charge >= 0.3 is 0 Å². The molecule has 0 fully saturated rings. The molecule has 2 heterocycles. The molecule has 0 aliphatic rings. The highest BCUT2D eigenvalue weighted by molar-refractivity contribution is 7.15. The van der Waals surface area contributed by atoms with Gasteiger partial charge in [-0.3, -0.25) is 4.40 Å². The molecule has 0 saturated carbocycles. The van der Waals surface area contributed by atoms with Gasteiger partial charge in [0.05, 0.1) is 50.4 Å². The van der Waals surface area contributed by atoms with Crippen molar-refractivity contribution in [3.05, 3.63) is 53.5 Å². The molecule has 0 unspecified atom stereocenters. The van der Waals surface area contributed by atoms with Crippen molar-refractivity contribution in [3.63, 3.8) is 0 Å². The summed E-state index contributed by atoms with van der Waals surface area (Å²) in [5.41, 5.74) is 4.24. The molecule has 2 aromatic carbocycles. The zero-order valence-corrected chi connectivity index (χ0v) is 17.8. The number of rotatable bonds is 7. The summed E-state index contributed by atoms with van der Waals surface area (Å²) in [6.07, 6.45) is 0.215. The maximum atomic E-state index is 9.56. The zero-order chi connectivity index (χ0) is 21.1. The number of hydrogen-bond donors (Lipinski definition) is 0. The van der Waals surface area contributed by atoms with Crippen LogP contribution in [0.25, 0.3) is 27.5 Å². The van der Waals surface area contributed by atoms with Crippen molar-refractivity contribution < 1.29 is 14.2 Å². The van der Waals surface area contributed by atoms with Crippen LogP contribution in [-0.2, 0) is 6.42 Å². The van der Waals surface area contributed by atoms with Crippen LogP contribution in [0, 0.1) is 11.3 Å². The smallest absolute Gasteiger partial charge is 0.195 e. The molecule has 152 valence electrons. The molecular formula is C23H21N3O3S. The first-order valence-electron chi connectivity index (χ1n) is 9.52. The van der Waals surface area contributed by atoms with E-state index in [0.717, 1.165) is 50.4 Å². The van der Waals surface area contributed by atoms with E-state index < -0.39 is 0 Å². The largest absolute Gasteiger partial charge is 0.497 e. The van der Waals surface area contributed by atoms with Crippen molar-refractivity contribution in [1.82, 2.24) is 9.38 Å². The van der Waals surface area contributed by atoms with Gasteiger partial charge in [-0.1, -0.05) is 12.1 Å². The summed E-state index contributed by atoms with van der Waals surface area (Å²) in [5, 5.41) is 11.6. The summed E-state index contributed by atoms with van der Waals surface area (Å²) in [6, 6.07) is 15.8. The van der Waals surface area contributed by atoms with Crippen molar-refractivity contribution in [3.8, 4) is 45.8 Å². The lowest BCUT2D eigenvalue weighted by Gasteiger charge is -2.12. The van der Waals surface area contributed by atoms with E-state index in [1.54, 1.807) is 14.2 Å². The fourth-order valence-corrected chi connectivity index (χ4v) is 4.42. The molecular weight excluding hydrogens is 398 g/mol. The van der Waals surface area contributed by atoms with Crippen molar-refractivity contribution in [1.29, 1.82) is 5.26 Å². The highest BCUT2D eigenvalue weighted by Crippen LogP contribution is 2.40. The van der Waals surface area contributed by atoms with E-state index in [2.05, 4.69) is 6.07 Å². The molecule has 0 atom stereocenters. The maximum Gasteiger partial charge on any atom is 0.195 e. The highest BCUT2D eigenvalue weighted by Gasteiger charge is 2.22. The van der Waals surface area contributed by atoms with Crippen LogP contribution in [-0.4, -0.2) is 30.2 Å². The second-order valence-electron chi connectivity index (χ2n) is 6.48. The molecule has 4 rings (SSSR count). The van der Waals surface area contributed by atoms with Gasteiger partial charge in [-0.2, -0.15) is 5.26 Å². The van der Waals surface area contributed by atoms with Crippen LogP contribution >= 0.6 is 11.3 Å². The Morgan fingerprint density at radius 1 is 1.07 bits per heavy atom. The second-order valence-corrected chi connectivity index (χ2v) is 7.31. The van der Waals surface area contributed by atoms with Gasteiger partial charge in [-0.15, -0.1) is 11.3 Å². The molecule has 2 aromatic heterocycles. The molecule has 0 aliphatic carbocycles. The predicted octanol–water partition coefficient (Wildman–Crippen LogP) is 5.21. The van der Waals surface area contributed by atoms with Gasteiger partial charge in [0, 0.05) is 16.5 Å². The van der Waals surface area contributed by atoms with Gasteiger partial charge in [0.2, 0.25) is 0 Å². The number of hydrogen-bond acceptors (Lipinski definition) is 6. The molecule has 0 saturated heterocycles. The number of benzene rings is 2. The number of methoxy groups -OCH3 is 2. The van der Waals surface area contributed by atoms with Gasteiger partial charge in [0.25, 0.3) is 0 Å². The van der Waals surface area contributed by atoms with Gasteiger partial charge < -0.3 is 14.2 Å². The third-order valence-electron chi connectivity index (χ3n) is 4.83. The Kier molecular flexibility index (Phi) is 5.59. The Morgan fingerprint density at radius 3 is 2.63 bits per heavy atom. The summed E-state index contributed by atoms with van der Waals surface area (Å²) in [6.45, 7) is 2.50. The van der Waals surface area contributed by atoms with Crippen LogP contribution in [0.2, 0.25) is 0 Å². The lowest BCUT2D eigenvalue weighted by molar-refractivity contribution is 0.341. The fourth-order valence-electron chi connectivity index (χ4n) is 3.52. The Bertz CT molecular complexity index is 1240. The molecule has 0 amide bonds. The minimum absolute atomic E-state index is 0.215. The molecule has 0 bridgehead atoms. The van der Waals surface area contributed by atoms with E-state index in [4.69, 9.17) is 19.2 Å². The van der Waals surface area contributed by atoms with Gasteiger partial charge in [0.15, 0.2) is 4.96 Å². The van der Waals surface area contributed by atoms with Crippen molar-refractivity contribution in [2.45, 2.75) is 13.3 Å². The first kappa shape index (κ1) is 19.8. The van der Waals surface area contributed by atoms with Crippen LogP contribution in [0.15, 0.2) is 47.8 Å². The van der Waals surface area contributed by atoms with Crippen molar-refractivity contribution in [2.75, 3.05) is 20.8 Å². The highest BCUT2D eigenvalue weighted by atomic mass is 32.1. The predicted molar refractivity (Wildman–Crippen MR) is 118 cm³/mol. The van der Waals surface area contributed by atoms with E-state index >= 15 is 0 Å². The maximum absolute atomic E-state index is 9.56. The molecule has 6 nitrogen and oxygen atoms in total. The Labute approximate surface area is 178 Å². The van der Waals surface area contributed by atoms with Gasteiger partial charge in [0.1, 0.15) is 17.2 Å². The molecule has 7 heteroatoms. The number of nitriles is 1. The molecule has 0 N–H and O–H groups in total. The third-order valence-corrected chi connectivity index (χ3v) is 5.66. The van der Waals surface area contributed by atoms with Gasteiger partial charge in [-0.25, -0.2) is 4.98 Å². The number of ether oxygens (including phenoxy) is 3. The fraction of sp³-hybridized carbons (Fsp3) is 0.217. The molecule has 0 aliphatic heterocycles. The normalized spacial score (nSPS) is 10.7. The number of thiazole rings is 1. The second kappa shape index (κ2) is 8.47. The molecule has 0 spiro atoms. The summed E-state index contributed by atoms with van der Waals surface area (Å²) >= 11 is 1.52. The topological polar surface area (TPSA) is 68.8 Å². The first-order valence-corrected chi connectivity index (χ1v) is 10.4. The minimum Gasteiger partial charge on any atom is -0.497 e. The standard InChI is InChI=1S/C23H21N3O3S/c1-4-29-21-8-6-5-7-16(21)22-18(11-12-24)26-19(14-30-23(26)25-22)17-13-15(27-2)9-10-20(17)28-3/h5-10,13-14H,4,11H2,1-3H3. The van der Waals surface area contributed by atoms with Gasteiger partial charge in [-0.05, 0) is 37.3 Å². The first-order chi connectivity index (χ1) is 14.7. The quantitative estimate of drug-likeness (QED) is 0.411. The van der Waals surface area contributed by atoms with Crippen LogP contribution in [0.4, 0.5) is 0 Å². The summed E-state index contributed by atoms with van der Waals surface area (Å²) in [5.74, 6) is 2.21.